The zero-order chi connectivity index (χ0) is 20.2. The number of hydrogen-bond acceptors (Lipinski definition) is 4. The van der Waals surface area contributed by atoms with Crippen molar-refractivity contribution in [1.29, 1.82) is 0 Å². The summed E-state index contributed by atoms with van der Waals surface area (Å²) in [7, 11) is -3.86. The number of sulfonamides is 1. The maximum absolute atomic E-state index is 12.2. The normalized spacial score (nSPS) is 12.6. The molecule has 0 radical (unpaired) electrons. The van der Waals surface area contributed by atoms with Crippen molar-refractivity contribution in [3.05, 3.63) is 58.6 Å². The quantitative estimate of drug-likeness (QED) is 0.523. The molecule has 2 rings (SSSR count). The van der Waals surface area contributed by atoms with Crippen LogP contribution in [-0.2, 0) is 14.8 Å². The number of hydrazone groups is 1. The van der Waals surface area contributed by atoms with Crippen LogP contribution in [0.1, 0.15) is 12.5 Å². The van der Waals surface area contributed by atoms with E-state index < -0.39 is 22.1 Å². The predicted molar refractivity (Wildman–Crippen MR) is 97.8 cm³/mol. The van der Waals surface area contributed by atoms with Crippen LogP contribution in [0.4, 0.5) is 18.9 Å². The molecule has 0 aliphatic carbocycles. The lowest BCUT2D eigenvalue weighted by molar-refractivity contribution is -0.167. The highest BCUT2D eigenvalue weighted by Gasteiger charge is 2.38. The van der Waals surface area contributed by atoms with E-state index in [4.69, 9.17) is 0 Å². The minimum atomic E-state index is -4.98. The van der Waals surface area contributed by atoms with E-state index in [0.29, 0.717) is 5.56 Å². The Balaban J connectivity index is 2.09. The molecule has 0 heterocycles. The SMILES string of the molecule is C/C(=N/NS(=O)(=O)c1ccc(Br)cc1)c1ccc(NC(=O)C(F)(F)F)cc1. The maximum atomic E-state index is 12.2. The fraction of sp³-hybridized carbons (Fsp3) is 0.125. The molecule has 0 saturated heterocycles. The van der Waals surface area contributed by atoms with Gasteiger partial charge in [-0.3, -0.25) is 4.79 Å². The van der Waals surface area contributed by atoms with Gasteiger partial charge in [0.15, 0.2) is 0 Å². The Morgan fingerprint density at radius 2 is 1.59 bits per heavy atom. The lowest BCUT2D eigenvalue weighted by atomic mass is 10.1. The molecule has 0 unspecified atom stereocenters. The number of carbonyl (C=O) groups excluding carboxylic acids is 1. The van der Waals surface area contributed by atoms with Gasteiger partial charge in [-0.2, -0.15) is 31.5 Å². The smallest absolute Gasteiger partial charge is 0.318 e. The summed E-state index contributed by atoms with van der Waals surface area (Å²) in [6.07, 6.45) is -4.98. The molecular formula is C16H13BrF3N3O3S. The Morgan fingerprint density at radius 3 is 2.11 bits per heavy atom. The third-order valence-corrected chi connectivity index (χ3v) is 5.03. The summed E-state index contributed by atoms with van der Waals surface area (Å²) in [4.78, 5) is 13.0. The van der Waals surface area contributed by atoms with Gasteiger partial charge >= 0.3 is 12.1 Å². The van der Waals surface area contributed by atoms with E-state index in [1.54, 1.807) is 17.4 Å². The average molecular weight is 464 g/mol. The highest BCUT2D eigenvalue weighted by Crippen LogP contribution is 2.19. The molecule has 27 heavy (non-hydrogen) atoms. The van der Waals surface area contributed by atoms with Crippen molar-refractivity contribution >= 4 is 43.3 Å². The Kier molecular flexibility index (Phi) is 6.26. The molecule has 0 aromatic heterocycles. The number of anilines is 1. The van der Waals surface area contributed by atoms with Crippen molar-refractivity contribution in [2.75, 3.05) is 5.32 Å². The third-order valence-electron chi connectivity index (χ3n) is 3.28. The number of nitrogens with one attached hydrogen (secondary N) is 2. The van der Waals surface area contributed by atoms with Gasteiger partial charge in [0.2, 0.25) is 0 Å². The van der Waals surface area contributed by atoms with E-state index in [1.807, 2.05) is 0 Å². The van der Waals surface area contributed by atoms with E-state index in [0.717, 1.165) is 4.47 Å². The van der Waals surface area contributed by atoms with Crippen LogP contribution >= 0.6 is 15.9 Å². The third kappa shape index (κ3) is 5.79. The summed E-state index contributed by atoms with van der Waals surface area (Å²) in [5.74, 6) is -2.08. The number of halogens is 4. The fourth-order valence-electron chi connectivity index (χ4n) is 1.86. The molecule has 2 aromatic rings. The number of carbonyl (C=O) groups is 1. The van der Waals surface area contributed by atoms with Gasteiger partial charge in [0, 0.05) is 10.2 Å². The second-order valence-electron chi connectivity index (χ2n) is 5.28. The molecule has 0 aliphatic rings. The monoisotopic (exact) mass is 463 g/mol. The van der Waals surface area contributed by atoms with Crippen LogP contribution in [0.5, 0.6) is 0 Å². The van der Waals surface area contributed by atoms with Crippen LogP contribution in [-0.4, -0.2) is 26.2 Å². The predicted octanol–water partition coefficient (Wildman–Crippen LogP) is 3.65. The number of amides is 1. The average Bonchev–Trinajstić information content (AvgIpc) is 2.60. The molecule has 2 aromatic carbocycles. The maximum Gasteiger partial charge on any atom is 0.471 e. The molecule has 0 bridgehead atoms. The standard InChI is InChI=1S/C16H13BrF3N3O3S/c1-10(22-23-27(25,26)14-8-4-12(17)5-9-14)11-2-6-13(7-3-11)21-15(24)16(18,19)20/h2-9,23H,1H3,(H,21,24)/b22-10-. The second kappa shape index (κ2) is 8.09. The Hall–Kier alpha value is -2.40. The molecule has 1 amide bonds. The van der Waals surface area contributed by atoms with Crippen molar-refractivity contribution in [3.63, 3.8) is 0 Å². The van der Waals surface area contributed by atoms with Crippen molar-refractivity contribution < 1.29 is 26.4 Å². The number of rotatable bonds is 5. The first kappa shape index (κ1) is 20.9. The molecule has 2 N–H and O–H groups in total. The molecular weight excluding hydrogens is 451 g/mol. The topological polar surface area (TPSA) is 87.6 Å². The molecule has 0 aliphatic heterocycles. The highest BCUT2D eigenvalue weighted by atomic mass is 79.9. The van der Waals surface area contributed by atoms with Gasteiger partial charge in [0.05, 0.1) is 10.6 Å². The van der Waals surface area contributed by atoms with E-state index in [1.165, 1.54) is 43.3 Å². The minimum absolute atomic E-state index is 0.0208. The van der Waals surface area contributed by atoms with Crippen molar-refractivity contribution in [2.24, 2.45) is 5.10 Å². The van der Waals surface area contributed by atoms with Crippen molar-refractivity contribution in [1.82, 2.24) is 4.83 Å². The van der Waals surface area contributed by atoms with Crippen LogP contribution < -0.4 is 10.1 Å². The van der Waals surface area contributed by atoms with E-state index in [2.05, 4.69) is 25.9 Å². The van der Waals surface area contributed by atoms with E-state index >= 15 is 0 Å². The molecule has 0 saturated carbocycles. The second-order valence-corrected chi connectivity index (χ2v) is 7.85. The summed E-state index contributed by atoms with van der Waals surface area (Å²) in [5, 5.41) is 5.51. The number of hydrogen-bond donors (Lipinski definition) is 2. The zero-order valence-electron chi connectivity index (χ0n) is 13.7. The molecule has 0 atom stereocenters. The Labute approximate surface area is 161 Å². The Morgan fingerprint density at radius 1 is 1.04 bits per heavy atom. The number of benzene rings is 2. The minimum Gasteiger partial charge on any atom is -0.318 e. The summed E-state index contributed by atoms with van der Waals surface area (Å²) >= 11 is 3.21. The van der Waals surface area contributed by atoms with Crippen LogP contribution in [0.15, 0.2) is 63.0 Å². The van der Waals surface area contributed by atoms with Gasteiger partial charge in [0.1, 0.15) is 0 Å². The van der Waals surface area contributed by atoms with E-state index in [-0.39, 0.29) is 16.3 Å². The first-order valence-corrected chi connectivity index (χ1v) is 9.57. The first-order chi connectivity index (χ1) is 12.5. The van der Waals surface area contributed by atoms with Gasteiger partial charge in [-0.1, -0.05) is 28.1 Å². The first-order valence-electron chi connectivity index (χ1n) is 7.29. The van der Waals surface area contributed by atoms with Gasteiger partial charge < -0.3 is 5.32 Å². The summed E-state index contributed by atoms with van der Waals surface area (Å²) in [6.45, 7) is 1.52. The van der Waals surface area contributed by atoms with Crippen LogP contribution in [0.3, 0.4) is 0 Å². The number of nitrogens with zero attached hydrogens (tertiary/aromatic N) is 1. The van der Waals surface area contributed by atoms with Gasteiger partial charge in [-0.15, -0.1) is 0 Å². The van der Waals surface area contributed by atoms with Crippen LogP contribution in [0, 0.1) is 0 Å². The fourth-order valence-corrected chi connectivity index (χ4v) is 2.98. The van der Waals surface area contributed by atoms with E-state index in [9.17, 15) is 26.4 Å². The largest absolute Gasteiger partial charge is 0.471 e. The highest BCUT2D eigenvalue weighted by molar-refractivity contribution is 9.10. The molecule has 0 spiro atoms. The van der Waals surface area contributed by atoms with Crippen molar-refractivity contribution in [2.45, 2.75) is 18.0 Å². The molecule has 144 valence electrons. The lowest BCUT2D eigenvalue weighted by Crippen LogP contribution is -2.29. The van der Waals surface area contributed by atoms with Gasteiger partial charge in [0.25, 0.3) is 10.0 Å². The Bertz CT molecular complexity index is 957. The summed E-state index contributed by atoms with van der Waals surface area (Å²) in [6, 6.07) is 11.2. The van der Waals surface area contributed by atoms with Crippen molar-refractivity contribution in [3.8, 4) is 0 Å². The lowest BCUT2D eigenvalue weighted by Gasteiger charge is -2.09. The van der Waals surface area contributed by atoms with Gasteiger partial charge in [-0.25, -0.2) is 0 Å². The number of alkyl halides is 3. The molecule has 11 heteroatoms. The van der Waals surface area contributed by atoms with Crippen LogP contribution in [0.2, 0.25) is 0 Å². The van der Waals surface area contributed by atoms with Gasteiger partial charge in [-0.05, 0) is 48.9 Å². The molecule has 0 fully saturated rings. The summed E-state index contributed by atoms with van der Waals surface area (Å²) in [5.41, 5.74) is 0.687. The van der Waals surface area contributed by atoms with Crippen LogP contribution in [0.25, 0.3) is 0 Å². The summed E-state index contributed by atoms with van der Waals surface area (Å²) < 4.78 is 61.7. The zero-order valence-corrected chi connectivity index (χ0v) is 16.1. The molecule has 6 nitrogen and oxygen atoms in total.